The SMILES string of the molecule is Cc1cc(C)cc(NC(=O)Nc2cccc(CNc3ncnc4ccccc34)c2)c1. The number of nitrogens with zero attached hydrogens (tertiary/aromatic N) is 2. The van der Waals surface area contributed by atoms with Gasteiger partial charge in [0.25, 0.3) is 0 Å². The van der Waals surface area contributed by atoms with Gasteiger partial charge >= 0.3 is 6.03 Å². The van der Waals surface area contributed by atoms with Crippen LogP contribution < -0.4 is 16.0 Å². The summed E-state index contributed by atoms with van der Waals surface area (Å²) in [6, 6.07) is 21.3. The second kappa shape index (κ2) is 8.61. The molecular formula is C24H23N5O. The Bertz CT molecular complexity index is 1180. The third kappa shape index (κ3) is 4.72. The van der Waals surface area contributed by atoms with Crippen molar-refractivity contribution in [2.24, 2.45) is 0 Å². The van der Waals surface area contributed by atoms with E-state index in [-0.39, 0.29) is 6.03 Å². The first-order valence-corrected chi connectivity index (χ1v) is 9.76. The standard InChI is InChI=1S/C24H23N5O/c1-16-10-17(2)12-20(11-16)29-24(30)28-19-7-5-6-18(13-19)14-25-23-21-8-3-4-9-22(21)26-15-27-23/h3-13,15H,14H2,1-2H3,(H,25,26,27)(H2,28,29,30). The van der Waals surface area contributed by atoms with E-state index >= 15 is 0 Å². The zero-order valence-corrected chi connectivity index (χ0v) is 16.9. The van der Waals surface area contributed by atoms with Crippen molar-refractivity contribution in [1.29, 1.82) is 0 Å². The summed E-state index contributed by atoms with van der Waals surface area (Å²) in [5, 5.41) is 10.1. The number of urea groups is 1. The molecule has 0 aliphatic rings. The average Bonchev–Trinajstić information content (AvgIpc) is 2.71. The van der Waals surface area contributed by atoms with Crippen LogP contribution in [0.4, 0.5) is 22.0 Å². The largest absolute Gasteiger partial charge is 0.365 e. The van der Waals surface area contributed by atoms with E-state index in [2.05, 4.69) is 32.0 Å². The summed E-state index contributed by atoms with van der Waals surface area (Å²) in [4.78, 5) is 21.0. The van der Waals surface area contributed by atoms with Crippen molar-refractivity contribution in [1.82, 2.24) is 9.97 Å². The highest BCUT2D eigenvalue weighted by molar-refractivity contribution is 5.99. The van der Waals surface area contributed by atoms with Crippen LogP contribution in [0.2, 0.25) is 0 Å². The Hall–Kier alpha value is -3.93. The van der Waals surface area contributed by atoms with Gasteiger partial charge in [-0.2, -0.15) is 0 Å². The summed E-state index contributed by atoms with van der Waals surface area (Å²) in [7, 11) is 0. The molecule has 0 spiro atoms. The Balaban J connectivity index is 1.41. The summed E-state index contributed by atoms with van der Waals surface area (Å²) in [6.07, 6.45) is 1.56. The lowest BCUT2D eigenvalue weighted by atomic mass is 10.1. The second-order valence-electron chi connectivity index (χ2n) is 7.25. The molecule has 6 heteroatoms. The predicted octanol–water partition coefficient (Wildman–Crippen LogP) is 5.50. The Morgan fingerprint density at radius 3 is 2.43 bits per heavy atom. The van der Waals surface area contributed by atoms with E-state index in [0.29, 0.717) is 6.54 Å². The van der Waals surface area contributed by atoms with Gasteiger partial charge in [0.1, 0.15) is 12.1 Å². The van der Waals surface area contributed by atoms with Gasteiger partial charge in [0.15, 0.2) is 0 Å². The lowest BCUT2D eigenvalue weighted by molar-refractivity contribution is 0.262. The molecule has 4 aromatic rings. The number of rotatable bonds is 5. The molecule has 6 nitrogen and oxygen atoms in total. The summed E-state index contributed by atoms with van der Waals surface area (Å²) >= 11 is 0. The lowest BCUT2D eigenvalue weighted by Gasteiger charge is -2.11. The molecule has 1 heterocycles. The number of carbonyl (C=O) groups excluding carboxylic acids is 1. The van der Waals surface area contributed by atoms with Crippen molar-refractivity contribution in [3.63, 3.8) is 0 Å². The van der Waals surface area contributed by atoms with Gasteiger partial charge in [-0.25, -0.2) is 14.8 Å². The summed E-state index contributed by atoms with van der Waals surface area (Å²) in [5.41, 5.74) is 5.64. The van der Waals surface area contributed by atoms with Crippen molar-refractivity contribution in [2.45, 2.75) is 20.4 Å². The first-order valence-electron chi connectivity index (χ1n) is 9.76. The maximum absolute atomic E-state index is 12.4. The van der Waals surface area contributed by atoms with E-state index < -0.39 is 0 Å². The van der Waals surface area contributed by atoms with E-state index in [1.807, 2.05) is 74.5 Å². The molecule has 4 rings (SSSR count). The molecule has 0 fully saturated rings. The number of anilines is 3. The quantitative estimate of drug-likeness (QED) is 0.415. The van der Waals surface area contributed by atoms with E-state index in [1.165, 1.54) is 0 Å². The molecule has 3 aromatic carbocycles. The van der Waals surface area contributed by atoms with Crippen molar-refractivity contribution in [2.75, 3.05) is 16.0 Å². The molecular weight excluding hydrogens is 374 g/mol. The number of hydrogen-bond acceptors (Lipinski definition) is 4. The van der Waals surface area contributed by atoms with E-state index in [1.54, 1.807) is 6.33 Å². The molecule has 3 N–H and O–H groups in total. The Morgan fingerprint density at radius 2 is 1.60 bits per heavy atom. The number of carbonyl (C=O) groups is 1. The first kappa shape index (κ1) is 19.4. The van der Waals surface area contributed by atoms with Crippen LogP contribution in [0, 0.1) is 13.8 Å². The van der Waals surface area contributed by atoms with Gasteiger partial charge in [0.2, 0.25) is 0 Å². The predicted molar refractivity (Wildman–Crippen MR) is 122 cm³/mol. The Morgan fingerprint density at radius 1 is 0.833 bits per heavy atom. The Labute approximate surface area is 175 Å². The van der Waals surface area contributed by atoms with Gasteiger partial charge in [-0.15, -0.1) is 0 Å². The minimum atomic E-state index is -0.271. The summed E-state index contributed by atoms with van der Waals surface area (Å²) < 4.78 is 0. The van der Waals surface area contributed by atoms with Crippen LogP contribution in [-0.2, 0) is 6.54 Å². The molecule has 2 amide bonds. The minimum Gasteiger partial charge on any atom is -0.365 e. The average molecular weight is 397 g/mol. The lowest BCUT2D eigenvalue weighted by Crippen LogP contribution is -2.19. The molecule has 0 atom stereocenters. The Kier molecular flexibility index (Phi) is 5.57. The van der Waals surface area contributed by atoms with E-state index in [9.17, 15) is 4.79 Å². The van der Waals surface area contributed by atoms with Crippen molar-refractivity contribution < 1.29 is 4.79 Å². The number of aromatic nitrogens is 2. The maximum atomic E-state index is 12.4. The highest BCUT2D eigenvalue weighted by Gasteiger charge is 2.06. The number of nitrogens with one attached hydrogen (secondary N) is 3. The van der Waals surface area contributed by atoms with Crippen molar-refractivity contribution >= 4 is 34.1 Å². The van der Waals surface area contributed by atoms with Gasteiger partial charge < -0.3 is 16.0 Å². The van der Waals surface area contributed by atoms with E-state index in [0.717, 1.165) is 44.8 Å². The summed E-state index contributed by atoms with van der Waals surface area (Å²) in [5.74, 6) is 0.784. The third-order valence-electron chi connectivity index (χ3n) is 4.67. The normalized spacial score (nSPS) is 10.6. The highest BCUT2D eigenvalue weighted by Crippen LogP contribution is 2.20. The first-order chi connectivity index (χ1) is 14.6. The molecule has 150 valence electrons. The molecule has 0 saturated carbocycles. The van der Waals surface area contributed by atoms with Crippen LogP contribution in [0.3, 0.4) is 0 Å². The van der Waals surface area contributed by atoms with Crippen LogP contribution in [0.1, 0.15) is 16.7 Å². The van der Waals surface area contributed by atoms with Gasteiger partial charge in [0, 0.05) is 23.3 Å². The topological polar surface area (TPSA) is 78.9 Å². The maximum Gasteiger partial charge on any atom is 0.323 e. The monoisotopic (exact) mass is 397 g/mol. The van der Waals surface area contributed by atoms with Gasteiger partial charge in [-0.3, -0.25) is 0 Å². The fraction of sp³-hybridized carbons (Fsp3) is 0.125. The van der Waals surface area contributed by atoms with Crippen molar-refractivity contribution in [3.05, 3.63) is 89.7 Å². The minimum absolute atomic E-state index is 0.271. The van der Waals surface area contributed by atoms with Gasteiger partial charge in [-0.05, 0) is 66.9 Å². The van der Waals surface area contributed by atoms with Crippen LogP contribution in [0.5, 0.6) is 0 Å². The number of fused-ring (bicyclic) bond motifs is 1. The molecule has 0 unspecified atom stereocenters. The smallest absolute Gasteiger partial charge is 0.323 e. The zero-order valence-electron chi connectivity index (χ0n) is 16.9. The number of amides is 2. The molecule has 0 aliphatic carbocycles. The van der Waals surface area contributed by atoms with Crippen molar-refractivity contribution in [3.8, 4) is 0 Å². The van der Waals surface area contributed by atoms with Crippen LogP contribution in [-0.4, -0.2) is 16.0 Å². The summed E-state index contributed by atoms with van der Waals surface area (Å²) in [6.45, 7) is 4.59. The fourth-order valence-electron chi connectivity index (χ4n) is 3.43. The molecule has 30 heavy (non-hydrogen) atoms. The molecule has 0 radical (unpaired) electrons. The number of para-hydroxylation sites is 1. The number of benzene rings is 3. The number of aryl methyl sites for hydroxylation is 2. The van der Waals surface area contributed by atoms with E-state index in [4.69, 9.17) is 0 Å². The van der Waals surface area contributed by atoms with Gasteiger partial charge in [-0.1, -0.05) is 30.3 Å². The number of hydrogen-bond donors (Lipinski definition) is 3. The van der Waals surface area contributed by atoms with Crippen LogP contribution >= 0.6 is 0 Å². The van der Waals surface area contributed by atoms with Crippen LogP contribution in [0.15, 0.2) is 73.1 Å². The molecule has 0 aliphatic heterocycles. The zero-order chi connectivity index (χ0) is 20.9. The van der Waals surface area contributed by atoms with Crippen LogP contribution in [0.25, 0.3) is 10.9 Å². The third-order valence-corrected chi connectivity index (χ3v) is 4.67. The molecule has 1 aromatic heterocycles. The molecule has 0 bridgehead atoms. The molecule has 0 saturated heterocycles. The van der Waals surface area contributed by atoms with Gasteiger partial charge in [0.05, 0.1) is 5.52 Å². The second-order valence-corrected chi connectivity index (χ2v) is 7.25. The fourth-order valence-corrected chi connectivity index (χ4v) is 3.43. The highest BCUT2D eigenvalue weighted by atomic mass is 16.2.